The highest BCUT2D eigenvalue weighted by molar-refractivity contribution is 9.10. The molecule has 0 fully saturated rings. The summed E-state index contributed by atoms with van der Waals surface area (Å²) in [6.45, 7) is 3.90. The number of aromatic carboxylic acids is 1. The van der Waals surface area contributed by atoms with Gasteiger partial charge in [-0.05, 0) is 12.0 Å². The quantitative estimate of drug-likeness (QED) is 0.910. The number of carbonyl (C=O) groups is 1. The third-order valence-electron chi connectivity index (χ3n) is 2.50. The third kappa shape index (κ3) is 2.47. The van der Waals surface area contributed by atoms with E-state index >= 15 is 0 Å². The van der Waals surface area contributed by atoms with Crippen LogP contribution in [-0.4, -0.2) is 16.1 Å². The summed E-state index contributed by atoms with van der Waals surface area (Å²) in [4.78, 5) is 16.0. The minimum absolute atomic E-state index is 0.101. The lowest BCUT2D eigenvalue weighted by atomic mass is 10.1. The Morgan fingerprint density at radius 2 is 2.06 bits per heavy atom. The van der Waals surface area contributed by atoms with E-state index in [0.717, 1.165) is 15.0 Å². The second-order valence-corrected chi connectivity index (χ2v) is 6.03. The molecule has 0 saturated carbocycles. The number of nitrogens with zero attached hydrogens (tertiary/aromatic N) is 1. The number of aromatic nitrogens is 1. The maximum atomic E-state index is 11.2. The molecule has 0 bridgehead atoms. The first kappa shape index (κ1) is 13.2. The summed E-state index contributed by atoms with van der Waals surface area (Å²) >= 11 is 4.68. The highest BCUT2D eigenvalue weighted by Crippen LogP contribution is 2.35. The van der Waals surface area contributed by atoms with E-state index in [-0.39, 0.29) is 5.92 Å². The summed E-state index contributed by atoms with van der Waals surface area (Å²) in [5.74, 6) is -0.807. The molecule has 0 aliphatic heterocycles. The minimum atomic E-state index is -0.908. The predicted octanol–water partition coefficient (Wildman–Crippen LogP) is 4.39. The van der Waals surface area contributed by atoms with Crippen molar-refractivity contribution in [3.63, 3.8) is 0 Å². The number of carboxylic acid groups (broad SMARTS) is 1. The monoisotopic (exact) mass is 325 g/mol. The Bertz CT molecular complexity index is 592. The van der Waals surface area contributed by atoms with E-state index in [4.69, 9.17) is 0 Å². The zero-order valence-electron chi connectivity index (χ0n) is 9.98. The SMILES string of the molecule is CC(C)c1nc(-c2ccccc2Br)sc1C(=O)O. The zero-order chi connectivity index (χ0) is 13.3. The largest absolute Gasteiger partial charge is 0.477 e. The molecule has 0 radical (unpaired) electrons. The molecule has 1 N–H and O–H groups in total. The first-order chi connectivity index (χ1) is 8.50. The van der Waals surface area contributed by atoms with Crippen LogP contribution in [0.4, 0.5) is 0 Å². The number of rotatable bonds is 3. The van der Waals surface area contributed by atoms with Gasteiger partial charge >= 0.3 is 5.97 Å². The number of benzene rings is 1. The van der Waals surface area contributed by atoms with Gasteiger partial charge in [0.2, 0.25) is 0 Å². The number of hydrogen-bond donors (Lipinski definition) is 1. The molecule has 0 unspecified atom stereocenters. The van der Waals surface area contributed by atoms with Crippen LogP contribution in [0, 0.1) is 0 Å². The Balaban J connectivity index is 2.57. The van der Waals surface area contributed by atoms with E-state index in [0.29, 0.717) is 10.6 Å². The summed E-state index contributed by atoms with van der Waals surface area (Å²) in [6, 6.07) is 7.69. The minimum Gasteiger partial charge on any atom is -0.477 e. The van der Waals surface area contributed by atoms with Crippen LogP contribution in [0.15, 0.2) is 28.7 Å². The molecular weight excluding hydrogens is 314 g/mol. The smallest absolute Gasteiger partial charge is 0.347 e. The van der Waals surface area contributed by atoms with Gasteiger partial charge in [-0.3, -0.25) is 0 Å². The molecule has 94 valence electrons. The van der Waals surface area contributed by atoms with Crippen LogP contribution in [0.25, 0.3) is 10.6 Å². The molecule has 0 aliphatic carbocycles. The fourth-order valence-electron chi connectivity index (χ4n) is 1.63. The molecule has 0 spiro atoms. The van der Waals surface area contributed by atoms with Crippen molar-refractivity contribution in [2.45, 2.75) is 19.8 Å². The van der Waals surface area contributed by atoms with Gasteiger partial charge in [0.15, 0.2) is 0 Å². The van der Waals surface area contributed by atoms with Crippen molar-refractivity contribution in [2.24, 2.45) is 0 Å². The molecule has 0 saturated heterocycles. The van der Waals surface area contributed by atoms with Crippen LogP contribution >= 0.6 is 27.3 Å². The number of halogens is 1. The molecule has 0 atom stereocenters. The number of carboxylic acids is 1. The summed E-state index contributed by atoms with van der Waals surface area (Å²) in [6.07, 6.45) is 0. The second kappa shape index (κ2) is 5.20. The second-order valence-electron chi connectivity index (χ2n) is 4.17. The Kier molecular flexibility index (Phi) is 3.82. The van der Waals surface area contributed by atoms with Gasteiger partial charge in [-0.2, -0.15) is 0 Å². The molecule has 5 heteroatoms. The van der Waals surface area contributed by atoms with Gasteiger partial charge < -0.3 is 5.11 Å². The van der Waals surface area contributed by atoms with Crippen molar-refractivity contribution in [1.29, 1.82) is 0 Å². The molecule has 1 aromatic heterocycles. The van der Waals surface area contributed by atoms with Gasteiger partial charge in [0.25, 0.3) is 0 Å². The van der Waals surface area contributed by atoms with E-state index in [1.54, 1.807) is 0 Å². The zero-order valence-corrected chi connectivity index (χ0v) is 12.4. The lowest BCUT2D eigenvalue weighted by Crippen LogP contribution is -2.00. The van der Waals surface area contributed by atoms with Crippen LogP contribution in [0.1, 0.15) is 35.1 Å². The molecule has 3 nitrogen and oxygen atoms in total. The summed E-state index contributed by atoms with van der Waals surface area (Å²) in [7, 11) is 0. The lowest BCUT2D eigenvalue weighted by molar-refractivity contribution is 0.0700. The fraction of sp³-hybridized carbons (Fsp3) is 0.231. The highest BCUT2D eigenvalue weighted by atomic mass is 79.9. The Labute approximate surface area is 118 Å². The molecule has 0 amide bonds. The van der Waals surface area contributed by atoms with Gasteiger partial charge in [-0.25, -0.2) is 9.78 Å². The van der Waals surface area contributed by atoms with Gasteiger partial charge in [-0.1, -0.05) is 48.0 Å². The molecule has 1 aromatic carbocycles. The molecule has 2 rings (SSSR count). The number of thiazole rings is 1. The average Bonchev–Trinajstić information content (AvgIpc) is 2.74. The summed E-state index contributed by atoms with van der Waals surface area (Å²) in [5.41, 5.74) is 1.58. The summed E-state index contributed by atoms with van der Waals surface area (Å²) in [5, 5.41) is 9.94. The Morgan fingerprint density at radius 1 is 1.39 bits per heavy atom. The van der Waals surface area contributed by atoms with Gasteiger partial charge in [0.05, 0.1) is 5.69 Å². The summed E-state index contributed by atoms with van der Waals surface area (Å²) < 4.78 is 0.922. The molecule has 18 heavy (non-hydrogen) atoms. The molecule has 1 heterocycles. The normalized spacial score (nSPS) is 10.9. The Hall–Kier alpha value is -1.20. The van der Waals surface area contributed by atoms with Crippen molar-refractivity contribution < 1.29 is 9.90 Å². The van der Waals surface area contributed by atoms with E-state index in [2.05, 4.69) is 20.9 Å². The van der Waals surface area contributed by atoms with Crippen LogP contribution < -0.4 is 0 Å². The fourth-order valence-corrected chi connectivity index (χ4v) is 3.33. The van der Waals surface area contributed by atoms with Crippen LogP contribution in [-0.2, 0) is 0 Å². The van der Waals surface area contributed by atoms with Crippen molar-refractivity contribution in [3.05, 3.63) is 39.3 Å². The van der Waals surface area contributed by atoms with Crippen molar-refractivity contribution in [3.8, 4) is 10.6 Å². The predicted molar refractivity (Wildman–Crippen MR) is 76.3 cm³/mol. The van der Waals surface area contributed by atoms with E-state index < -0.39 is 5.97 Å². The Morgan fingerprint density at radius 3 is 2.56 bits per heavy atom. The first-order valence-electron chi connectivity index (χ1n) is 5.49. The van der Waals surface area contributed by atoms with Crippen molar-refractivity contribution in [1.82, 2.24) is 4.98 Å². The van der Waals surface area contributed by atoms with E-state index in [9.17, 15) is 9.90 Å². The van der Waals surface area contributed by atoms with Crippen LogP contribution in [0.2, 0.25) is 0 Å². The third-order valence-corrected chi connectivity index (χ3v) is 4.28. The molecule has 0 aliphatic rings. The lowest BCUT2D eigenvalue weighted by Gasteiger charge is -2.01. The van der Waals surface area contributed by atoms with Crippen LogP contribution in [0.3, 0.4) is 0 Å². The highest BCUT2D eigenvalue weighted by Gasteiger charge is 2.20. The molecular formula is C13H12BrNO2S. The van der Waals surface area contributed by atoms with E-state index in [1.807, 2.05) is 38.1 Å². The standard InChI is InChI=1S/C13H12BrNO2S/c1-7(2)10-11(13(16)17)18-12(15-10)8-5-3-4-6-9(8)14/h3-7H,1-2H3,(H,16,17). The van der Waals surface area contributed by atoms with Gasteiger partial charge in [0, 0.05) is 10.0 Å². The van der Waals surface area contributed by atoms with Crippen molar-refractivity contribution in [2.75, 3.05) is 0 Å². The number of hydrogen-bond acceptors (Lipinski definition) is 3. The first-order valence-corrected chi connectivity index (χ1v) is 7.10. The van der Waals surface area contributed by atoms with Gasteiger partial charge in [0.1, 0.15) is 9.88 Å². The van der Waals surface area contributed by atoms with E-state index in [1.165, 1.54) is 11.3 Å². The maximum Gasteiger partial charge on any atom is 0.347 e. The molecule has 2 aromatic rings. The average molecular weight is 326 g/mol. The van der Waals surface area contributed by atoms with Crippen molar-refractivity contribution >= 4 is 33.2 Å². The maximum absolute atomic E-state index is 11.2. The van der Waals surface area contributed by atoms with Crippen LogP contribution in [0.5, 0.6) is 0 Å². The topological polar surface area (TPSA) is 50.2 Å². The van der Waals surface area contributed by atoms with Gasteiger partial charge in [-0.15, -0.1) is 11.3 Å².